The molecule has 1 aliphatic rings. The van der Waals surface area contributed by atoms with Crippen LogP contribution in [-0.4, -0.2) is 17.6 Å². The third-order valence-electron chi connectivity index (χ3n) is 3.60. The summed E-state index contributed by atoms with van der Waals surface area (Å²) in [5.41, 5.74) is 2.02. The first kappa shape index (κ1) is 14.7. The van der Waals surface area contributed by atoms with Crippen LogP contribution in [0.15, 0.2) is 28.7 Å². The van der Waals surface area contributed by atoms with Crippen molar-refractivity contribution in [3.05, 3.63) is 39.3 Å². The smallest absolute Gasteiger partial charge is 0.315 e. The third-order valence-corrected chi connectivity index (χ3v) is 5.27. The lowest BCUT2D eigenvalue weighted by molar-refractivity contribution is -0.145. The Bertz CT molecular complexity index is 668. The summed E-state index contributed by atoms with van der Waals surface area (Å²) in [7, 11) is 0. The normalized spacial score (nSPS) is 17.3. The lowest BCUT2D eigenvalue weighted by Gasteiger charge is -2.19. The largest absolute Gasteiger partial charge is 0.465 e. The highest BCUT2D eigenvalue weighted by Gasteiger charge is 2.31. The minimum absolute atomic E-state index is 0.135. The van der Waals surface area contributed by atoms with Crippen LogP contribution < -0.4 is 0 Å². The highest BCUT2D eigenvalue weighted by molar-refractivity contribution is 9.10. The Hall–Kier alpha value is -1.20. The van der Waals surface area contributed by atoms with Crippen molar-refractivity contribution >= 4 is 33.2 Å². The Labute approximate surface area is 136 Å². The molecule has 0 fully saturated rings. The van der Waals surface area contributed by atoms with Crippen molar-refractivity contribution in [2.45, 2.75) is 32.1 Å². The molecule has 3 rings (SSSR count). The second kappa shape index (κ2) is 6.28. The van der Waals surface area contributed by atoms with Gasteiger partial charge in [-0.15, -0.1) is 11.3 Å². The molecule has 0 N–H and O–H groups in total. The first-order chi connectivity index (χ1) is 10.2. The molecule has 1 atom stereocenters. The SMILES string of the molecule is CCOC(=O)C1CCCc2sc(-c3cccc(Br)c3)nc21. The van der Waals surface area contributed by atoms with E-state index in [-0.39, 0.29) is 11.9 Å². The lowest BCUT2D eigenvalue weighted by Crippen LogP contribution is -2.20. The molecule has 2 aromatic rings. The van der Waals surface area contributed by atoms with E-state index in [1.807, 2.05) is 19.1 Å². The molecule has 0 saturated carbocycles. The van der Waals surface area contributed by atoms with E-state index < -0.39 is 0 Å². The van der Waals surface area contributed by atoms with Gasteiger partial charge in [0.15, 0.2) is 0 Å². The fourth-order valence-corrected chi connectivity index (χ4v) is 4.20. The molecule has 0 aliphatic heterocycles. The zero-order chi connectivity index (χ0) is 14.8. The summed E-state index contributed by atoms with van der Waals surface area (Å²) in [6.45, 7) is 2.27. The average molecular weight is 366 g/mol. The van der Waals surface area contributed by atoms with E-state index in [1.165, 1.54) is 4.88 Å². The van der Waals surface area contributed by atoms with Crippen LogP contribution in [-0.2, 0) is 16.0 Å². The maximum absolute atomic E-state index is 12.1. The fraction of sp³-hybridized carbons (Fsp3) is 0.375. The number of aromatic nitrogens is 1. The van der Waals surface area contributed by atoms with Crippen molar-refractivity contribution in [3.8, 4) is 10.6 Å². The van der Waals surface area contributed by atoms with Crippen molar-refractivity contribution in [2.75, 3.05) is 6.61 Å². The highest BCUT2D eigenvalue weighted by Crippen LogP contribution is 2.39. The molecule has 1 unspecified atom stereocenters. The molecule has 1 aliphatic carbocycles. The number of rotatable bonds is 3. The van der Waals surface area contributed by atoms with Gasteiger partial charge in [0.25, 0.3) is 0 Å². The van der Waals surface area contributed by atoms with Gasteiger partial charge in [0.05, 0.1) is 12.3 Å². The average Bonchev–Trinajstić information content (AvgIpc) is 2.91. The molecule has 5 heteroatoms. The second-order valence-corrected chi connectivity index (χ2v) is 7.03. The first-order valence-corrected chi connectivity index (χ1v) is 8.72. The first-order valence-electron chi connectivity index (χ1n) is 7.11. The van der Waals surface area contributed by atoms with E-state index in [4.69, 9.17) is 9.72 Å². The monoisotopic (exact) mass is 365 g/mol. The Morgan fingerprint density at radius 1 is 1.52 bits per heavy atom. The summed E-state index contributed by atoms with van der Waals surface area (Å²) in [5, 5.41) is 0.984. The lowest BCUT2D eigenvalue weighted by atomic mass is 9.91. The number of esters is 1. The van der Waals surface area contributed by atoms with Gasteiger partial charge in [-0.1, -0.05) is 28.1 Å². The van der Waals surface area contributed by atoms with Crippen LogP contribution in [0, 0.1) is 0 Å². The van der Waals surface area contributed by atoms with Crippen molar-refractivity contribution in [2.24, 2.45) is 0 Å². The van der Waals surface area contributed by atoms with Gasteiger partial charge in [-0.05, 0) is 38.3 Å². The maximum atomic E-state index is 12.1. The number of carbonyl (C=O) groups is 1. The van der Waals surface area contributed by atoms with Crippen LogP contribution in [0.5, 0.6) is 0 Å². The number of carbonyl (C=O) groups excluding carboxylic acids is 1. The zero-order valence-electron chi connectivity index (χ0n) is 11.8. The molecule has 1 heterocycles. The van der Waals surface area contributed by atoms with Gasteiger partial charge in [0.2, 0.25) is 0 Å². The summed E-state index contributed by atoms with van der Waals surface area (Å²) in [4.78, 5) is 18.1. The Kier molecular flexibility index (Phi) is 4.40. The number of nitrogens with zero attached hydrogens (tertiary/aromatic N) is 1. The van der Waals surface area contributed by atoms with Crippen LogP contribution in [0.2, 0.25) is 0 Å². The Morgan fingerprint density at radius 3 is 3.14 bits per heavy atom. The van der Waals surface area contributed by atoms with E-state index in [0.29, 0.717) is 6.61 Å². The van der Waals surface area contributed by atoms with Crippen LogP contribution >= 0.6 is 27.3 Å². The van der Waals surface area contributed by atoms with Gasteiger partial charge in [0.1, 0.15) is 10.9 Å². The molecule has 1 aromatic heterocycles. The molecule has 0 spiro atoms. The van der Waals surface area contributed by atoms with Crippen molar-refractivity contribution in [1.29, 1.82) is 0 Å². The number of benzene rings is 1. The summed E-state index contributed by atoms with van der Waals surface area (Å²) < 4.78 is 6.23. The van der Waals surface area contributed by atoms with Gasteiger partial charge in [0, 0.05) is 14.9 Å². The quantitative estimate of drug-likeness (QED) is 0.748. The van der Waals surface area contributed by atoms with Gasteiger partial charge >= 0.3 is 5.97 Å². The van der Waals surface area contributed by atoms with Gasteiger partial charge in [-0.3, -0.25) is 4.79 Å². The highest BCUT2D eigenvalue weighted by atomic mass is 79.9. The van der Waals surface area contributed by atoms with E-state index >= 15 is 0 Å². The molecule has 21 heavy (non-hydrogen) atoms. The van der Waals surface area contributed by atoms with Crippen molar-refractivity contribution in [3.63, 3.8) is 0 Å². The van der Waals surface area contributed by atoms with Crippen LogP contribution in [0.4, 0.5) is 0 Å². The number of ether oxygens (including phenoxy) is 1. The number of aryl methyl sites for hydroxylation is 1. The molecular weight excluding hydrogens is 350 g/mol. The number of halogens is 1. The van der Waals surface area contributed by atoms with Crippen molar-refractivity contribution in [1.82, 2.24) is 4.98 Å². The van der Waals surface area contributed by atoms with Gasteiger partial charge in [-0.2, -0.15) is 0 Å². The standard InChI is InChI=1S/C16H16BrNO2S/c1-2-20-16(19)12-7-4-8-13-14(12)18-15(21-13)10-5-3-6-11(17)9-10/h3,5-6,9,12H,2,4,7-8H2,1H3. The Balaban J connectivity index is 1.96. The summed E-state index contributed by atoms with van der Waals surface area (Å²) in [6, 6.07) is 8.11. The summed E-state index contributed by atoms with van der Waals surface area (Å²) in [5.74, 6) is -0.324. The number of fused-ring (bicyclic) bond motifs is 1. The minimum Gasteiger partial charge on any atom is -0.465 e. The maximum Gasteiger partial charge on any atom is 0.315 e. The van der Waals surface area contributed by atoms with E-state index in [2.05, 4.69) is 28.1 Å². The number of hydrogen-bond acceptors (Lipinski definition) is 4. The molecule has 3 nitrogen and oxygen atoms in total. The summed E-state index contributed by atoms with van der Waals surface area (Å²) in [6.07, 6.45) is 2.88. The molecule has 0 bridgehead atoms. The van der Waals surface area contributed by atoms with E-state index in [0.717, 1.165) is 40.0 Å². The van der Waals surface area contributed by atoms with Crippen molar-refractivity contribution < 1.29 is 9.53 Å². The molecule has 0 amide bonds. The number of hydrogen-bond donors (Lipinski definition) is 0. The van der Waals surface area contributed by atoms with Gasteiger partial charge < -0.3 is 4.74 Å². The second-order valence-electron chi connectivity index (χ2n) is 5.03. The third kappa shape index (κ3) is 3.04. The van der Waals surface area contributed by atoms with Crippen LogP contribution in [0.25, 0.3) is 10.6 Å². The van der Waals surface area contributed by atoms with Gasteiger partial charge in [-0.25, -0.2) is 4.98 Å². The molecule has 110 valence electrons. The predicted molar refractivity (Wildman–Crippen MR) is 87.6 cm³/mol. The van der Waals surface area contributed by atoms with Crippen LogP contribution in [0.1, 0.15) is 36.3 Å². The fourth-order valence-electron chi connectivity index (χ4n) is 2.64. The Morgan fingerprint density at radius 2 is 2.38 bits per heavy atom. The topological polar surface area (TPSA) is 39.2 Å². The summed E-state index contributed by atoms with van der Waals surface area (Å²) >= 11 is 5.19. The molecule has 0 radical (unpaired) electrons. The zero-order valence-corrected chi connectivity index (χ0v) is 14.2. The molecular formula is C16H16BrNO2S. The van der Waals surface area contributed by atoms with E-state index in [1.54, 1.807) is 11.3 Å². The predicted octanol–water partition coefficient (Wildman–Crippen LogP) is 4.56. The van der Waals surface area contributed by atoms with Crippen LogP contribution in [0.3, 0.4) is 0 Å². The molecule has 0 saturated heterocycles. The number of thiazole rings is 1. The van der Waals surface area contributed by atoms with E-state index in [9.17, 15) is 4.79 Å². The minimum atomic E-state index is -0.189. The molecule has 1 aromatic carbocycles.